The minimum absolute atomic E-state index is 0. The molecule has 5 atom stereocenters. The number of nitrogens with two attached hydrogens (primary N) is 1. The van der Waals surface area contributed by atoms with Crippen LogP contribution in [0.5, 0.6) is 0 Å². The minimum atomic E-state index is -1.06. The van der Waals surface area contributed by atoms with Crippen LogP contribution < -0.4 is 11.1 Å². The van der Waals surface area contributed by atoms with Gasteiger partial charge < -0.3 is 39.3 Å². The molecule has 1 amide bonds. The summed E-state index contributed by atoms with van der Waals surface area (Å²) in [7, 11) is 0. The number of carbonyl (C=O) groups excluding carboxylic acids is 6. The number of aliphatic hydroxyl groups is 1. The number of rotatable bonds is 4. The molecule has 2 fully saturated rings. The predicted octanol–water partition coefficient (Wildman–Crippen LogP) is 5.71. The van der Waals surface area contributed by atoms with Crippen molar-refractivity contribution in [3.63, 3.8) is 0 Å². The van der Waals surface area contributed by atoms with Gasteiger partial charge in [-0.25, -0.2) is 14.4 Å². The van der Waals surface area contributed by atoms with Gasteiger partial charge >= 0.3 is 18.4 Å². The van der Waals surface area contributed by atoms with Crippen molar-refractivity contribution in [2.45, 2.75) is 172 Å². The quantitative estimate of drug-likeness (QED) is 0.176. The number of Topliss-reactive ketones (excluding diaryl/α,β-unsaturated/α-hetero) is 3. The van der Waals surface area contributed by atoms with Gasteiger partial charge in [-0.05, 0) is 83.1 Å². The van der Waals surface area contributed by atoms with Crippen LogP contribution in [0, 0.1) is 10.8 Å². The third kappa shape index (κ3) is 24.5. The Morgan fingerprint density at radius 2 is 1.13 bits per heavy atom. The zero-order chi connectivity index (χ0) is 42.5. The van der Waals surface area contributed by atoms with Gasteiger partial charge in [0.05, 0.1) is 31.9 Å². The number of halogens is 1. The smallest absolute Gasteiger partial charge is 0.444 e. The van der Waals surface area contributed by atoms with Crippen LogP contribution in [0.15, 0.2) is 0 Å². The summed E-state index contributed by atoms with van der Waals surface area (Å²) in [5.74, 6) is -0.109. The molecule has 0 bridgehead atoms. The molecule has 2 rings (SSSR count). The molecular formula is C37H70ClN3O13. The van der Waals surface area contributed by atoms with Crippen LogP contribution in [0.25, 0.3) is 0 Å². The van der Waals surface area contributed by atoms with Gasteiger partial charge in [-0.2, -0.15) is 0 Å². The van der Waals surface area contributed by atoms with Crippen molar-refractivity contribution in [2.75, 3.05) is 19.8 Å². The number of ether oxygens (including phenoxy) is 6. The second-order valence-corrected chi connectivity index (χ2v) is 17.9. The molecule has 2 heterocycles. The fourth-order valence-corrected chi connectivity index (χ4v) is 3.97. The van der Waals surface area contributed by atoms with Crippen LogP contribution in [-0.2, 0) is 42.8 Å². The van der Waals surface area contributed by atoms with Gasteiger partial charge in [0.2, 0.25) is 0 Å². The molecule has 2 saturated heterocycles. The summed E-state index contributed by atoms with van der Waals surface area (Å²) < 4.78 is 30.3. The monoisotopic (exact) mass is 799 g/mol. The Bertz CT molecular complexity index is 1200. The fraction of sp³-hybridized carbons (Fsp3) is 0.838. The number of ketones is 3. The number of nitrogens with one attached hydrogen (secondary N) is 1. The molecule has 0 saturated carbocycles. The second-order valence-electron chi connectivity index (χ2n) is 17.9. The Kier molecular flexibility index (Phi) is 23.2. The van der Waals surface area contributed by atoms with Gasteiger partial charge in [0.15, 0.2) is 5.78 Å². The largest absolute Gasteiger partial charge is 0.519 e. The molecule has 0 aliphatic carbocycles. The van der Waals surface area contributed by atoms with Gasteiger partial charge in [-0.15, -0.1) is 12.4 Å². The standard InChI is InChI=1S/C14H25NO4.C10H18O5.C9H17NO2.C4H9NO2.ClH/c1-9(16)10-8-18-11(13(2,3)4)15(10)12(17)19-14(5,6)7;1-9(2,3)14-7(11)13-8(12)15-10(4,5)6;1-6(11)7-5-12-8(10-7)9(2,3)4;1-3(7)4(5)2-6;/h10-11H,8H2,1-7H3;1-6H3;7-8,10H,5H2,1-4H3;4,6H,2,5H2,1H3;1H/t10-,11+;;7-,8?;4-;/m1.11./s1. The van der Waals surface area contributed by atoms with Crippen molar-refractivity contribution in [3.8, 4) is 0 Å². The third-order valence-electron chi connectivity index (χ3n) is 6.54. The number of hydrogen-bond acceptors (Lipinski definition) is 15. The highest BCUT2D eigenvalue weighted by Crippen LogP contribution is 2.33. The number of amides is 1. The summed E-state index contributed by atoms with van der Waals surface area (Å²) in [6.07, 6.45) is -3.05. The highest BCUT2D eigenvalue weighted by molar-refractivity contribution is 5.86. The Balaban J connectivity index is -0.000000671. The SMILES string of the molecule is CC(=O)[C@H](N)CO.CC(=O)[C@H]1COC(C(C)(C)C)N1.CC(=O)[C@H]1CO[C@@H](C(C)(C)C)N1C(=O)OC(C)(C)C.CC(C)(C)OC(=O)OC(=O)OC(C)(C)C.Cl. The molecule has 0 aromatic rings. The van der Waals surface area contributed by atoms with Crippen LogP contribution in [0.3, 0.4) is 0 Å². The average molecular weight is 800 g/mol. The van der Waals surface area contributed by atoms with E-state index in [4.69, 9.17) is 34.5 Å². The van der Waals surface area contributed by atoms with Crippen molar-refractivity contribution >= 4 is 48.2 Å². The zero-order valence-electron chi connectivity index (χ0n) is 35.8. The van der Waals surface area contributed by atoms with Crippen LogP contribution in [-0.4, -0.2) is 113 Å². The maximum absolute atomic E-state index is 12.3. The summed E-state index contributed by atoms with van der Waals surface area (Å²) in [6, 6.07) is -1.34. The predicted molar refractivity (Wildman–Crippen MR) is 205 cm³/mol. The lowest BCUT2D eigenvalue weighted by atomic mass is 9.93. The van der Waals surface area contributed by atoms with Crippen molar-refractivity contribution in [1.82, 2.24) is 10.2 Å². The van der Waals surface area contributed by atoms with Crippen molar-refractivity contribution in [2.24, 2.45) is 16.6 Å². The van der Waals surface area contributed by atoms with Gasteiger partial charge in [0.25, 0.3) is 0 Å². The van der Waals surface area contributed by atoms with Gasteiger partial charge in [-0.3, -0.25) is 24.6 Å². The van der Waals surface area contributed by atoms with Gasteiger partial charge in [-0.1, -0.05) is 41.5 Å². The molecule has 0 spiro atoms. The Hall–Kier alpha value is -2.89. The molecule has 0 radical (unpaired) electrons. The van der Waals surface area contributed by atoms with Crippen molar-refractivity contribution in [1.29, 1.82) is 0 Å². The number of aliphatic hydroxyl groups excluding tert-OH is 1. The zero-order valence-corrected chi connectivity index (χ0v) is 36.6. The maximum atomic E-state index is 12.3. The molecule has 0 aromatic heterocycles. The minimum Gasteiger partial charge on any atom is -0.444 e. The number of nitrogens with zero attached hydrogens (tertiary/aromatic N) is 1. The molecule has 1 unspecified atom stereocenters. The fourth-order valence-electron chi connectivity index (χ4n) is 3.97. The summed E-state index contributed by atoms with van der Waals surface area (Å²) in [4.78, 5) is 68.5. The van der Waals surface area contributed by atoms with E-state index in [0.29, 0.717) is 6.61 Å². The van der Waals surface area contributed by atoms with E-state index in [9.17, 15) is 28.8 Å². The molecule has 318 valence electrons. The molecule has 0 aromatic carbocycles. The third-order valence-corrected chi connectivity index (χ3v) is 6.54. The van der Waals surface area contributed by atoms with E-state index in [1.807, 2.05) is 20.8 Å². The lowest BCUT2D eigenvalue weighted by Crippen LogP contribution is -2.51. The summed E-state index contributed by atoms with van der Waals surface area (Å²) in [6.45, 7) is 32.5. The van der Waals surface area contributed by atoms with Crippen molar-refractivity contribution in [3.05, 3.63) is 0 Å². The molecular weight excluding hydrogens is 730 g/mol. The second kappa shape index (κ2) is 22.6. The first kappa shape index (κ1) is 55.4. The highest BCUT2D eigenvalue weighted by atomic mass is 35.5. The first-order valence-electron chi connectivity index (χ1n) is 17.5. The van der Waals surface area contributed by atoms with Gasteiger partial charge in [0, 0.05) is 10.8 Å². The van der Waals surface area contributed by atoms with E-state index in [0.717, 1.165) is 0 Å². The normalized spacial score (nSPS) is 20.5. The topological polar surface area (TPSA) is 219 Å². The van der Waals surface area contributed by atoms with Gasteiger partial charge in [0.1, 0.15) is 46.9 Å². The van der Waals surface area contributed by atoms with Crippen LogP contribution in [0.2, 0.25) is 0 Å². The Labute approximate surface area is 328 Å². The van der Waals surface area contributed by atoms with Crippen molar-refractivity contribution < 1.29 is 62.3 Å². The first-order chi connectivity index (χ1) is 23.5. The molecule has 2 aliphatic heterocycles. The molecule has 54 heavy (non-hydrogen) atoms. The van der Waals surface area contributed by atoms with E-state index < -0.39 is 53.5 Å². The summed E-state index contributed by atoms with van der Waals surface area (Å²) in [5, 5.41) is 11.3. The molecule has 2 aliphatic rings. The lowest BCUT2D eigenvalue weighted by molar-refractivity contribution is -0.122. The van der Waals surface area contributed by atoms with E-state index in [1.54, 1.807) is 69.2 Å². The van der Waals surface area contributed by atoms with E-state index in [2.05, 4.69) is 30.8 Å². The molecule has 16 nitrogen and oxygen atoms in total. The summed E-state index contributed by atoms with van der Waals surface area (Å²) in [5.41, 5.74) is 2.81. The molecule has 17 heteroatoms. The van der Waals surface area contributed by atoms with E-state index in [-0.39, 0.29) is 66.1 Å². The Morgan fingerprint density at radius 3 is 1.37 bits per heavy atom. The number of carbonyl (C=O) groups is 6. The average Bonchev–Trinajstić information content (AvgIpc) is 3.59. The maximum Gasteiger partial charge on any atom is 0.519 e. The first-order valence-corrected chi connectivity index (χ1v) is 17.5. The number of hydrogen-bond donors (Lipinski definition) is 3. The molecule has 4 N–H and O–H groups in total. The lowest BCUT2D eigenvalue weighted by Gasteiger charge is -2.36. The van der Waals surface area contributed by atoms with Crippen LogP contribution >= 0.6 is 12.4 Å². The highest BCUT2D eigenvalue weighted by Gasteiger charge is 2.47. The van der Waals surface area contributed by atoms with E-state index >= 15 is 0 Å². The summed E-state index contributed by atoms with van der Waals surface area (Å²) >= 11 is 0. The van der Waals surface area contributed by atoms with Crippen LogP contribution in [0.4, 0.5) is 14.4 Å². The van der Waals surface area contributed by atoms with E-state index in [1.165, 1.54) is 18.7 Å². The van der Waals surface area contributed by atoms with Crippen LogP contribution in [0.1, 0.15) is 125 Å². The Morgan fingerprint density at radius 1 is 0.704 bits per heavy atom.